The van der Waals surface area contributed by atoms with Gasteiger partial charge in [0.05, 0.1) is 5.52 Å². The highest BCUT2D eigenvalue weighted by atomic mass is 16.3. The van der Waals surface area contributed by atoms with E-state index in [1.165, 1.54) is 68.6 Å². The highest BCUT2D eigenvalue weighted by Crippen LogP contribution is 2.36. The number of nitrogens with zero attached hydrogens (tertiary/aromatic N) is 2. The van der Waals surface area contributed by atoms with Gasteiger partial charge in [-0.05, 0) is 75.1 Å². The molecule has 2 fully saturated rings. The fraction of sp³-hybridized carbons (Fsp3) is 0.571. The summed E-state index contributed by atoms with van der Waals surface area (Å²) in [4.78, 5) is 7.57. The number of nitrogens with one attached hydrogen (secondary N) is 1. The molecule has 0 amide bonds. The van der Waals surface area contributed by atoms with Crippen LogP contribution >= 0.6 is 0 Å². The molecule has 5 rings (SSSR count). The summed E-state index contributed by atoms with van der Waals surface area (Å²) in [6.45, 7) is 2.44. The van der Waals surface area contributed by atoms with Gasteiger partial charge in [0.2, 0.25) is 0 Å². The van der Waals surface area contributed by atoms with Gasteiger partial charge in [0.25, 0.3) is 0 Å². The normalized spacial score (nSPS) is 22.1. The first kappa shape index (κ1) is 15.4. The molecule has 132 valence electrons. The molecule has 1 aliphatic heterocycles. The number of phenols is 1. The number of pyridine rings is 1. The van der Waals surface area contributed by atoms with Crippen molar-refractivity contribution in [2.75, 3.05) is 18.4 Å². The summed E-state index contributed by atoms with van der Waals surface area (Å²) in [5.41, 5.74) is 4.92. The number of anilines is 1. The average Bonchev–Trinajstić information content (AvgIpc) is 3.48. The summed E-state index contributed by atoms with van der Waals surface area (Å²) < 4.78 is 0. The second-order valence-electron chi connectivity index (χ2n) is 8.01. The molecule has 3 aliphatic rings. The van der Waals surface area contributed by atoms with E-state index in [0.717, 1.165) is 29.8 Å². The molecule has 0 unspecified atom stereocenters. The van der Waals surface area contributed by atoms with E-state index >= 15 is 0 Å². The van der Waals surface area contributed by atoms with Crippen LogP contribution in [-0.4, -0.2) is 40.2 Å². The van der Waals surface area contributed by atoms with Crippen LogP contribution < -0.4 is 5.32 Å². The van der Waals surface area contributed by atoms with Gasteiger partial charge in [-0.3, -0.25) is 4.98 Å². The van der Waals surface area contributed by atoms with Crippen molar-refractivity contribution in [1.29, 1.82) is 0 Å². The van der Waals surface area contributed by atoms with Crippen LogP contribution in [0.5, 0.6) is 5.75 Å². The lowest BCUT2D eigenvalue weighted by atomic mass is 9.92. The SMILES string of the molecule is Oc1ccc2nc3c(c(NC4CCN(C5CC5)CC4)c2c1)CCCC3. The fourth-order valence-electron chi connectivity index (χ4n) is 4.63. The lowest BCUT2D eigenvalue weighted by Gasteiger charge is -2.34. The van der Waals surface area contributed by atoms with Gasteiger partial charge in [-0.1, -0.05) is 0 Å². The number of piperidine rings is 1. The Balaban J connectivity index is 1.47. The number of aromatic hydroxyl groups is 1. The van der Waals surface area contributed by atoms with E-state index in [4.69, 9.17) is 4.98 Å². The number of hydrogen-bond acceptors (Lipinski definition) is 4. The van der Waals surface area contributed by atoms with Crippen molar-refractivity contribution in [3.8, 4) is 5.75 Å². The average molecular weight is 337 g/mol. The van der Waals surface area contributed by atoms with Crippen molar-refractivity contribution in [3.05, 3.63) is 29.5 Å². The molecule has 2 N–H and O–H groups in total. The molecule has 0 atom stereocenters. The Bertz CT molecular complexity index is 791. The predicted molar refractivity (Wildman–Crippen MR) is 101 cm³/mol. The Morgan fingerprint density at radius 1 is 1.04 bits per heavy atom. The minimum Gasteiger partial charge on any atom is -0.508 e. The van der Waals surface area contributed by atoms with Gasteiger partial charge in [0, 0.05) is 41.9 Å². The molecule has 0 radical (unpaired) electrons. The van der Waals surface area contributed by atoms with Gasteiger partial charge in [0.1, 0.15) is 5.75 Å². The second kappa shape index (κ2) is 6.17. The maximum atomic E-state index is 10.0. The molecule has 2 aromatic rings. The highest BCUT2D eigenvalue weighted by Gasteiger charge is 2.32. The zero-order chi connectivity index (χ0) is 16.8. The van der Waals surface area contributed by atoms with Crippen LogP contribution in [-0.2, 0) is 12.8 Å². The first-order valence-corrected chi connectivity index (χ1v) is 9.93. The maximum Gasteiger partial charge on any atom is 0.116 e. The molecule has 0 bridgehead atoms. The van der Waals surface area contributed by atoms with Gasteiger partial charge in [-0.2, -0.15) is 0 Å². The number of phenolic OH excluding ortho intramolecular Hbond substituents is 1. The molecule has 2 heterocycles. The molecule has 1 saturated carbocycles. The largest absolute Gasteiger partial charge is 0.508 e. The van der Waals surface area contributed by atoms with Gasteiger partial charge >= 0.3 is 0 Å². The van der Waals surface area contributed by atoms with Crippen LogP contribution in [0.4, 0.5) is 5.69 Å². The summed E-state index contributed by atoms with van der Waals surface area (Å²) in [7, 11) is 0. The molecule has 1 aromatic heterocycles. The summed E-state index contributed by atoms with van der Waals surface area (Å²) in [5.74, 6) is 0.330. The maximum absolute atomic E-state index is 10.0. The topological polar surface area (TPSA) is 48.4 Å². The van der Waals surface area contributed by atoms with Crippen molar-refractivity contribution < 1.29 is 5.11 Å². The second-order valence-corrected chi connectivity index (χ2v) is 8.01. The minimum atomic E-state index is 0.330. The summed E-state index contributed by atoms with van der Waals surface area (Å²) in [6.07, 6.45) is 9.91. The number of benzene rings is 1. The minimum absolute atomic E-state index is 0.330. The Morgan fingerprint density at radius 3 is 2.64 bits per heavy atom. The molecule has 0 spiro atoms. The molecule has 1 saturated heterocycles. The molecule has 2 aliphatic carbocycles. The van der Waals surface area contributed by atoms with Crippen LogP contribution in [0.25, 0.3) is 10.9 Å². The number of likely N-dealkylation sites (tertiary alicyclic amines) is 1. The van der Waals surface area contributed by atoms with E-state index in [9.17, 15) is 5.11 Å². The van der Waals surface area contributed by atoms with Crippen LogP contribution in [0.3, 0.4) is 0 Å². The predicted octanol–water partition coefficient (Wildman–Crippen LogP) is 3.86. The lowest BCUT2D eigenvalue weighted by Crippen LogP contribution is -2.40. The van der Waals surface area contributed by atoms with E-state index in [1.54, 1.807) is 6.07 Å². The van der Waals surface area contributed by atoms with E-state index in [1.807, 2.05) is 12.1 Å². The Labute approximate surface area is 149 Å². The molecule has 25 heavy (non-hydrogen) atoms. The van der Waals surface area contributed by atoms with E-state index < -0.39 is 0 Å². The third kappa shape index (κ3) is 2.97. The first-order valence-electron chi connectivity index (χ1n) is 9.93. The summed E-state index contributed by atoms with van der Waals surface area (Å²) in [5, 5.41) is 15.0. The summed E-state index contributed by atoms with van der Waals surface area (Å²) in [6, 6.07) is 7.02. The summed E-state index contributed by atoms with van der Waals surface area (Å²) >= 11 is 0. The number of rotatable bonds is 3. The molecule has 4 nitrogen and oxygen atoms in total. The first-order chi connectivity index (χ1) is 12.3. The Morgan fingerprint density at radius 2 is 1.84 bits per heavy atom. The van der Waals surface area contributed by atoms with Gasteiger partial charge < -0.3 is 15.3 Å². The fourth-order valence-corrected chi connectivity index (χ4v) is 4.63. The van der Waals surface area contributed by atoms with Crippen LogP contribution in [0.1, 0.15) is 49.8 Å². The van der Waals surface area contributed by atoms with E-state index in [-0.39, 0.29) is 0 Å². The van der Waals surface area contributed by atoms with E-state index in [0.29, 0.717) is 11.8 Å². The highest BCUT2D eigenvalue weighted by molar-refractivity contribution is 5.94. The quantitative estimate of drug-likeness (QED) is 0.893. The third-order valence-corrected chi connectivity index (χ3v) is 6.19. The van der Waals surface area contributed by atoms with Gasteiger partial charge in [-0.25, -0.2) is 0 Å². The Hall–Kier alpha value is -1.81. The van der Waals surface area contributed by atoms with Crippen molar-refractivity contribution in [2.45, 2.75) is 63.5 Å². The third-order valence-electron chi connectivity index (χ3n) is 6.19. The zero-order valence-electron chi connectivity index (χ0n) is 14.8. The van der Waals surface area contributed by atoms with E-state index in [2.05, 4.69) is 10.2 Å². The van der Waals surface area contributed by atoms with Crippen LogP contribution in [0.15, 0.2) is 18.2 Å². The van der Waals surface area contributed by atoms with Crippen molar-refractivity contribution in [1.82, 2.24) is 9.88 Å². The zero-order valence-corrected chi connectivity index (χ0v) is 14.8. The van der Waals surface area contributed by atoms with Crippen molar-refractivity contribution in [3.63, 3.8) is 0 Å². The number of hydrogen-bond donors (Lipinski definition) is 2. The van der Waals surface area contributed by atoms with Gasteiger partial charge in [0.15, 0.2) is 0 Å². The smallest absolute Gasteiger partial charge is 0.116 e. The number of aryl methyl sites for hydroxylation is 1. The van der Waals surface area contributed by atoms with Gasteiger partial charge in [-0.15, -0.1) is 0 Å². The Kier molecular flexibility index (Phi) is 3.81. The lowest BCUT2D eigenvalue weighted by molar-refractivity contribution is 0.210. The number of aromatic nitrogens is 1. The molecular weight excluding hydrogens is 310 g/mol. The van der Waals surface area contributed by atoms with Crippen LogP contribution in [0.2, 0.25) is 0 Å². The van der Waals surface area contributed by atoms with Crippen molar-refractivity contribution in [2.24, 2.45) is 0 Å². The monoisotopic (exact) mass is 337 g/mol. The molecular formula is C21H27N3O. The molecule has 4 heteroatoms. The van der Waals surface area contributed by atoms with Crippen LogP contribution in [0, 0.1) is 0 Å². The number of fused-ring (bicyclic) bond motifs is 2. The van der Waals surface area contributed by atoms with Crippen molar-refractivity contribution >= 4 is 16.6 Å². The standard InChI is InChI=1S/C21H27N3O/c25-16-7-8-20-18(13-16)21(17-3-1-2-4-19(17)23-20)22-14-9-11-24(12-10-14)15-5-6-15/h7-8,13-15,25H,1-6,9-12H2,(H,22,23). The molecule has 1 aromatic carbocycles.